The molecule has 0 radical (unpaired) electrons. The van der Waals surface area contributed by atoms with Crippen LogP contribution in [-0.4, -0.2) is 25.7 Å². The highest BCUT2D eigenvalue weighted by Gasteiger charge is 2.11. The highest BCUT2D eigenvalue weighted by molar-refractivity contribution is 9.10. The summed E-state index contributed by atoms with van der Waals surface area (Å²) in [4.78, 5) is 20.3. The number of benzene rings is 1. The molecule has 8 heteroatoms. The Kier molecular flexibility index (Phi) is 4.42. The lowest BCUT2D eigenvalue weighted by molar-refractivity contribution is 0.0950. The summed E-state index contributed by atoms with van der Waals surface area (Å²) >= 11 is 3.17. The Balaban J connectivity index is 1.77. The van der Waals surface area contributed by atoms with Crippen LogP contribution in [-0.2, 0) is 6.54 Å². The molecule has 116 valence electrons. The van der Waals surface area contributed by atoms with Crippen LogP contribution in [0.4, 0.5) is 4.39 Å². The lowest BCUT2D eigenvalue weighted by Crippen LogP contribution is -2.24. The number of rotatable bonds is 4. The van der Waals surface area contributed by atoms with Crippen molar-refractivity contribution in [3.63, 3.8) is 0 Å². The maximum Gasteiger partial charge on any atom is 0.251 e. The van der Waals surface area contributed by atoms with Crippen LogP contribution in [0.1, 0.15) is 15.9 Å². The minimum Gasteiger partial charge on any atom is -0.348 e. The molecule has 3 rings (SSSR count). The predicted octanol–water partition coefficient (Wildman–Crippen LogP) is 2.49. The average Bonchev–Trinajstić information content (AvgIpc) is 3.06. The number of carbonyl (C=O) groups excluding carboxylic acids is 1. The highest BCUT2D eigenvalue weighted by atomic mass is 79.9. The van der Waals surface area contributed by atoms with Crippen molar-refractivity contribution in [1.82, 2.24) is 25.1 Å². The highest BCUT2D eigenvalue weighted by Crippen LogP contribution is 2.15. The molecular weight excluding hydrogens is 365 g/mol. The summed E-state index contributed by atoms with van der Waals surface area (Å²) in [6.07, 6.45) is 4.56. The first-order chi connectivity index (χ1) is 11.1. The van der Waals surface area contributed by atoms with Crippen LogP contribution < -0.4 is 5.32 Å². The Morgan fingerprint density at radius 1 is 1.35 bits per heavy atom. The van der Waals surface area contributed by atoms with E-state index in [0.29, 0.717) is 10.3 Å². The van der Waals surface area contributed by atoms with Crippen LogP contribution >= 0.6 is 15.9 Å². The van der Waals surface area contributed by atoms with Gasteiger partial charge < -0.3 is 5.32 Å². The van der Waals surface area contributed by atoms with Gasteiger partial charge in [0.15, 0.2) is 5.82 Å². The number of halogens is 2. The first kappa shape index (κ1) is 15.3. The zero-order valence-electron chi connectivity index (χ0n) is 11.8. The van der Waals surface area contributed by atoms with Gasteiger partial charge in [-0.25, -0.2) is 19.0 Å². The van der Waals surface area contributed by atoms with E-state index in [2.05, 4.69) is 36.3 Å². The molecule has 1 amide bonds. The summed E-state index contributed by atoms with van der Waals surface area (Å²) in [5.41, 5.74) is 1.00. The van der Waals surface area contributed by atoms with Crippen molar-refractivity contribution >= 4 is 21.8 Å². The van der Waals surface area contributed by atoms with Gasteiger partial charge in [-0.3, -0.25) is 4.79 Å². The van der Waals surface area contributed by atoms with Crippen molar-refractivity contribution in [2.75, 3.05) is 0 Å². The normalized spacial score (nSPS) is 10.5. The van der Waals surface area contributed by atoms with Crippen molar-refractivity contribution < 1.29 is 9.18 Å². The molecule has 0 aliphatic rings. The van der Waals surface area contributed by atoms with E-state index in [4.69, 9.17) is 0 Å². The van der Waals surface area contributed by atoms with Gasteiger partial charge in [0.25, 0.3) is 5.91 Å². The summed E-state index contributed by atoms with van der Waals surface area (Å²) in [7, 11) is 0. The molecule has 0 spiro atoms. The molecular formula is C15H11BrFN5O. The average molecular weight is 376 g/mol. The Labute approximate surface area is 139 Å². The predicted molar refractivity (Wildman–Crippen MR) is 84.4 cm³/mol. The van der Waals surface area contributed by atoms with E-state index in [0.717, 1.165) is 5.56 Å². The third-order valence-corrected chi connectivity index (χ3v) is 3.53. The Morgan fingerprint density at radius 3 is 2.96 bits per heavy atom. The van der Waals surface area contributed by atoms with Crippen LogP contribution in [0.25, 0.3) is 5.82 Å². The number of nitrogens with zero attached hydrogens (tertiary/aromatic N) is 4. The van der Waals surface area contributed by atoms with E-state index >= 15 is 0 Å². The zero-order valence-corrected chi connectivity index (χ0v) is 13.4. The van der Waals surface area contributed by atoms with Crippen molar-refractivity contribution in [3.05, 3.63) is 70.6 Å². The van der Waals surface area contributed by atoms with Gasteiger partial charge in [0.1, 0.15) is 18.5 Å². The molecule has 0 fully saturated rings. The molecule has 1 N–H and O–H groups in total. The molecule has 0 aliphatic heterocycles. The maximum absolute atomic E-state index is 13.4. The van der Waals surface area contributed by atoms with E-state index < -0.39 is 5.82 Å². The Morgan fingerprint density at radius 2 is 2.22 bits per heavy atom. The molecule has 0 aliphatic carbocycles. The molecule has 0 unspecified atom stereocenters. The summed E-state index contributed by atoms with van der Waals surface area (Å²) in [5.74, 6) is -0.279. The fourth-order valence-corrected chi connectivity index (χ4v) is 2.52. The molecule has 0 saturated carbocycles. The first-order valence-corrected chi connectivity index (χ1v) is 7.46. The van der Waals surface area contributed by atoms with Crippen LogP contribution in [0.3, 0.4) is 0 Å². The van der Waals surface area contributed by atoms with Gasteiger partial charge >= 0.3 is 0 Å². The number of nitrogens with one attached hydrogen (secondary N) is 1. The second kappa shape index (κ2) is 6.66. The van der Waals surface area contributed by atoms with Crippen LogP contribution in [0.2, 0.25) is 0 Å². The standard InChI is InChI=1S/C15H11BrFN5O/c16-12-4-11(5-13(17)6-12)15(23)20-7-10-2-1-3-19-14(10)22-9-18-8-21-22/h1-6,8-9H,7H2,(H,20,23). The Hall–Kier alpha value is -2.61. The number of hydrogen-bond donors (Lipinski definition) is 1. The van der Waals surface area contributed by atoms with Crippen molar-refractivity contribution in [2.24, 2.45) is 0 Å². The Bertz CT molecular complexity index is 817. The van der Waals surface area contributed by atoms with Crippen molar-refractivity contribution in [2.45, 2.75) is 6.54 Å². The number of hydrogen-bond acceptors (Lipinski definition) is 4. The lowest BCUT2D eigenvalue weighted by Gasteiger charge is -2.09. The quantitative estimate of drug-likeness (QED) is 0.760. The zero-order chi connectivity index (χ0) is 16.2. The van der Waals surface area contributed by atoms with E-state index in [9.17, 15) is 9.18 Å². The van der Waals surface area contributed by atoms with Gasteiger partial charge in [0, 0.05) is 28.3 Å². The largest absolute Gasteiger partial charge is 0.348 e. The summed E-state index contributed by atoms with van der Waals surface area (Å²) in [6.45, 7) is 0.232. The number of carbonyl (C=O) groups is 1. The molecule has 2 heterocycles. The minimum atomic E-state index is -0.478. The van der Waals surface area contributed by atoms with Crippen LogP contribution in [0.15, 0.2) is 53.7 Å². The monoisotopic (exact) mass is 375 g/mol. The van der Waals surface area contributed by atoms with Gasteiger partial charge in [-0.05, 0) is 24.3 Å². The number of amides is 1. The fraction of sp³-hybridized carbons (Fsp3) is 0.0667. The summed E-state index contributed by atoms with van der Waals surface area (Å²) in [5, 5.41) is 6.77. The molecule has 23 heavy (non-hydrogen) atoms. The van der Waals surface area contributed by atoms with E-state index in [1.54, 1.807) is 18.3 Å². The molecule has 1 aromatic carbocycles. The molecule has 0 bridgehead atoms. The third-order valence-electron chi connectivity index (χ3n) is 3.07. The number of pyridine rings is 1. The topological polar surface area (TPSA) is 72.7 Å². The third kappa shape index (κ3) is 3.59. The second-order valence-corrected chi connectivity index (χ2v) is 5.58. The van der Waals surface area contributed by atoms with E-state index in [-0.39, 0.29) is 18.0 Å². The van der Waals surface area contributed by atoms with Gasteiger partial charge in [0.2, 0.25) is 0 Å². The van der Waals surface area contributed by atoms with E-state index in [1.807, 2.05) is 6.07 Å². The van der Waals surface area contributed by atoms with E-state index in [1.165, 1.54) is 29.5 Å². The van der Waals surface area contributed by atoms with Gasteiger partial charge in [-0.1, -0.05) is 22.0 Å². The number of aromatic nitrogens is 4. The molecule has 0 saturated heterocycles. The van der Waals surface area contributed by atoms with Crippen LogP contribution in [0.5, 0.6) is 0 Å². The van der Waals surface area contributed by atoms with Crippen LogP contribution in [0, 0.1) is 5.82 Å². The van der Waals surface area contributed by atoms with Gasteiger partial charge in [0.05, 0.1) is 0 Å². The lowest BCUT2D eigenvalue weighted by atomic mass is 10.2. The SMILES string of the molecule is O=C(NCc1cccnc1-n1cncn1)c1cc(F)cc(Br)c1. The minimum absolute atomic E-state index is 0.232. The smallest absolute Gasteiger partial charge is 0.251 e. The summed E-state index contributed by atoms with van der Waals surface area (Å²) < 4.78 is 15.4. The molecule has 0 atom stereocenters. The summed E-state index contributed by atoms with van der Waals surface area (Å²) in [6, 6.07) is 7.62. The maximum atomic E-state index is 13.4. The fourth-order valence-electron chi connectivity index (χ4n) is 2.05. The van der Waals surface area contributed by atoms with Crippen molar-refractivity contribution in [3.8, 4) is 5.82 Å². The molecule has 6 nitrogen and oxygen atoms in total. The van der Waals surface area contributed by atoms with Gasteiger partial charge in [-0.15, -0.1) is 0 Å². The van der Waals surface area contributed by atoms with Crippen molar-refractivity contribution in [1.29, 1.82) is 0 Å². The second-order valence-electron chi connectivity index (χ2n) is 4.67. The van der Waals surface area contributed by atoms with Gasteiger partial charge in [-0.2, -0.15) is 5.10 Å². The molecule has 2 aromatic heterocycles. The first-order valence-electron chi connectivity index (χ1n) is 6.66. The molecule has 3 aromatic rings.